The molecule has 1 N–H and O–H groups in total. The lowest BCUT2D eigenvalue weighted by molar-refractivity contribution is 0.195. The summed E-state index contributed by atoms with van der Waals surface area (Å²) >= 11 is 4.98. The molecule has 0 bridgehead atoms. The van der Waals surface area contributed by atoms with Gasteiger partial charge in [0, 0.05) is 16.4 Å². The van der Waals surface area contributed by atoms with E-state index in [0.29, 0.717) is 5.75 Å². The predicted octanol–water partition coefficient (Wildman–Crippen LogP) is 2.71. The fraction of sp³-hybridized carbons (Fsp3) is 0.444. The van der Waals surface area contributed by atoms with Crippen molar-refractivity contribution < 1.29 is 5.11 Å². The molecule has 1 aromatic rings. The van der Waals surface area contributed by atoms with Crippen LogP contribution in [0.15, 0.2) is 27.8 Å². The van der Waals surface area contributed by atoms with Gasteiger partial charge in [0.05, 0.1) is 6.10 Å². The molecule has 0 amide bonds. The quantitative estimate of drug-likeness (QED) is 0.847. The van der Waals surface area contributed by atoms with Gasteiger partial charge in [0.15, 0.2) is 0 Å². The van der Waals surface area contributed by atoms with Crippen molar-refractivity contribution in [3.05, 3.63) is 22.8 Å². The molecule has 0 aromatic carbocycles. The Morgan fingerprint density at radius 2 is 2.46 bits per heavy atom. The highest BCUT2D eigenvalue weighted by molar-refractivity contribution is 9.10. The molecule has 0 aliphatic heterocycles. The number of halogens is 1. The lowest BCUT2D eigenvalue weighted by Crippen LogP contribution is -2.07. The average molecular weight is 262 g/mol. The lowest BCUT2D eigenvalue weighted by atomic mass is 10.3. The second-order valence-corrected chi connectivity index (χ2v) is 4.53. The molecule has 0 radical (unpaired) electrons. The number of pyridine rings is 1. The molecule has 1 aromatic heterocycles. The van der Waals surface area contributed by atoms with Crippen molar-refractivity contribution in [2.75, 3.05) is 5.75 Å². The van der Waals surface area contributed by atoms with Crippen molar-refractivity contribution in [2.24, 2.45) is 0 Å². The van der Waals surface area contributed by atoms with Crippen molar-refractivity contribution in [2.45, 2.75) is 24.5 Å². The summed E-state index contributed by atoms with van der Waals surface area (Å²) in [5.74, 6) is 0.701. The summed E-state index contributed by atoms with van der Waals surface area (Å²) in [7, 11) is 0. The molecule has 1 unspecified atom stereocenters. The van der Waals surface area contributed by atoms with E-state index in [0.717, 1.165) is 15.9 Å². The van der Waals surface area contributed by atoms with Gasteiger partial charge in [-0.25, -0.2) is 4.98 Å². The Labute approximate surface area is 90.9 Å². The molecule has 1 heterocycles. The van der Waals surface area contributed by atoms with Crippen LogP contribution in [0.5, 0.6) is 0 Å². The van der Waals surface area contributed by atoms with Crippen LogP contribution in [-0.2, 0) is 0 Å². The number of thioether (sulfide) groups is 1. The van der Waals surface area contributed by atoms with E-state index in [1.807, 2.05) is 19.1 Å². The Kier molecular flexibility index (Phi) is 4.77. The van der Waals surface area contributed by atoms with E-state index in [1.165, 1.54) is 0 Å². The van der Waals surface area contributed by atoms with Crippen LogP contribution < -0.4 is 0 Å². The fourth-order valence-electron chi connectivity index (χ4n) is 0.770. The van der Waals surface area contributed by atoms with E-state index in [9.17, 15) is 5.11 Å². The van der Waals surface area contributed by atoms with Gasteiger partial charge in [-0.05, 0) is 34.5 Å². The first kappa shape index (κ1) is 11.0. The average Bonchev–Trinajstić information content (AvgIpc) is 2.16. The van der Waals surface area contributed by atoms with Gasteiger partial charge in [-0.3, -0.25) is 0 Å². The molecular formula is C9H12BrNOS. The van der Waals surface area contributed by atoms with Crippen LogP contribution in [0.3, 0.4) is 0 Å². The van der Waals surface area contributed by atoms with Crippen LogP contribution in [0.2, 0.25) is 0 Å². The predicted molar refractivity (Wildman–Crippen MR) is 59.0 cm³/mol. The molecular weight excluding hydrogens is 250 g/mol. The Morgan fingerprint density at radius 3 is 3.08 bits per heavy atom. The van der Waals surface area contributed by atoms with Crippen LogP contribution >= 0.6 is 27.7 Å². The Morgan fingerprint density at radius 1 is 1.69 bits per heavy atom. The molecule has 72 valence electrons. The van der Waals surface area contributed by atoms with E-state index in [-0.39, 0.29) is 6.10 Å². The highest BCUT2D eigenvalue weighted by atomic mass is 79.9. The van der Waals surface area contributed by atoms with E-state index in [2.05, 4.69) is 20.9 Å². The zero-order chi connectivity index (χ0) is 9.68. The fourth-order valence-corrected chi connectivity index (χ4v) is 2.30. The molecule has 0 fully saturated rings. The van der Waals surface area contributed by atoms with Crippen LogP contribution in [0.4, 0.5) is 0 Å². The van der Waals surface area contributed by atoms with Crippen LogP contribution in [-0.4, -0.2) is 21.9 Å². The second kappa shape index (κ2) is 5.62. The first-order valence-corrected chi connectivity index (χ1v) is 5.93. The zero-order valence-corrected chi connectivity index (χ0v) is 9.81. The van der Waals surface area contributed by atoms with Crippen LogP contribution in [0.1, 0.15) is 13.3 Å². The molecule has 4 heteroatoms. The van der Waals surface area contributed by atoms with E-state index in [4.69, 9.17) is 0 Å². The first-order valence-electron chi connectivity index (χ1n) is 4.15. The zero-order valence-electron chi connectivity index (χ0n) is 7.40. The maximum Gasteiger partial charge on any atom is 0.110 e. The molecule has 0 spiro atoms. The summed E-state index contributed by atoms with van der Waals surface area (Å²) in [5, 5.41) is 10.3. The van der Waals surface area contributed by atoms with E-state index >= 15 is 0 Å². The molecule has 0 saturated heterocycles. The maximum atomic E-state index is 9.35. The van der Waals surface area contributed by atoms with Crippen molar-refractivity contribution in [1.82, 2.24) is 4.98 Å². The minimum absolute atomic E-state index is 0.237. The van der Waals surface area contributed by atoms with Gasteiger partial charge >= 0.3 is 0 Å². The normalized spacial score (nSPS) is 12.8. The third kappa shape index (κ3) is 3.67. The van der Waals surface area contributed by atoms with Crippen LogP contribution in [0, 0.1) is 0 Å². The smallest absolute Gasteiger partial charge is 0.110 e. The highest BCUT2D eigenvalue weighted by Crippen LogP contribution is 2.25. The second-order valence-electron chi connectivity index (χ2n) is 2.66. The Balaban J connectivity index is 2.50. The van der Waals surface area contributed by atoms with Gasteiger partial charge in [0.1, 0.15) is 5.03 Å². The van der Waals surface area contributed by atoms with E-state index < -0.39 is 0 Å². The third-order valence-corrected chi connectivity index (χ3v) is 3.66. The van der Waals surface area contributed by atoms with Gasteiger partial charge in [-0.1, -0.05) is 6.92 Å². The summed E-state index contributed by atoms with van der Waals surface area (Å²) in [6.07, 6.45) is 2.31. The summed E-state index contributed by atoms with van der Waals surface area (Å²) in [6.45, 7) is 1.97. The molecule has 0 aliphatic carbocycles. The first-order chi connectivity index (χ1) is 6.24. The summed E-state index contributed by atoms with van der Waals surface area (Å²) in [4.78, 5) is 4.19. The van der Waals surface area contributed by atoms with Crippen molar-refractivity contribution >= 4 is 27.7 Å². The number of aliphatic hydroxyl groups excluding tert-OH is 1. The molecule has 13 heavy (non-hydrogen) atoms. The summed E-state index contributed by atoms with van der Waals surface area (Å²) in [5.41, 5.74) is 0. The molecule has 1 atom stereocenters. The van der Waals surface area contributed by atoms with Crippen molar-refractivity contribution in [1.29, 1.82) is 0 Å². The molecule has 2 nitrogen and oxygen atoms in total. The van der Waals surface area contributed by atoms with Crippen molar-refractivity contribution in [3.63, 3.8) is 0 Å². The molecule has 0 saturated carbocycles. The number of hydrogen-bond donors (Lipinski definition) is 1. The lowest BCUT2D eigenvalue weighted by Gasteiger charge is -2.06. The summed E-state index contributed by atoms with van der Waals surface area (Å²) in [6, 6.07) is 3.83. The monoisotopic (exact) mass is 261 g/mol. The third-order valence-electron chi connectivity index (χ3n) is 1.61. The topological polar surface area (TPSA) is 33.1 Å². The molecule has 0 aliphatic rings. The van der Waals surface area contributed by atoms with Gasteiger partial charge in [0.2, 0.25) is 0 Å². The Hall–Kier alpha value is -0.0600. The SMILES string of the molecule is CCC(O)CSc1ncccc1Br. The Bertz CT molecular complexity index is 270. The van der Waals surface area contributed by atoms with Crippen LogP contribution in [0.25, 0.3) is 0 Å². The van der Waals surface area contributed by atoms with Gasteiger partial charge in [-0.2, -0.15) is 0 Å². The minimum Gasteiger partial charge on any atom is -0.392 e. The number of hydrogen-bond acceptors (Lipinski definition) is 3. The van der Waals surface area contributed by atoms with Gasteiger partial charge in [0.25, 0.3) is 0 Å². The number of aromatic nitrogens is 1. The number of aliphatic hydroxyl groups is 1. The number of nitrogens with zero attached hydrogens (tertiary/aromatic N) is 1. The van der Waals surface area contributed by atoms with Gasteiger partial charge < -0.3 is 5.11 Å². The standard InChI is InChI=1S/C9H12BrNOS/c1-2-7(12)6-13-9-8(10)4-3-5-11-9/h3-5,7,12H,2,6H2,1H3. The minimum atomic E-state index is -0.237. The summed E-state index contributed by atoms with van der Waals surface area (Å²) < 4.78 is 0.989. The van der Waals surface area contributed by atoms with Gasteiger partial charge in [-0.15, -0.1) is 11.8 Å². The maximum absolute atomic E-state index is 9.35. The van der Waals surface area contributed by atoms with Crippen molar-refractivity contribution in [3.8, 4) is 0 Å². The molecule has 1 rings (SSSR count). The number of rotatable bonds is 4. The largest absolute Gasteiger partial charge is 0.392 e. The van der Waals surface area contributed by atoms with E-state index in [1.54, 1.807) is 18.0 Å². The highest BCUT2D eigenvalue weighted by Gasteiger charge is 2.05.